The van der Waals surface area contributed by atoms with Gasteiger partial charge in [0.15, 0.2) is 0 Å². The molecule has 0 spiro atoms. The highest BCUT2D eigenvalue weighted by Gasteiger charge is 2.23. The van der Waals surface area contributed by atoms with Gasteiger partial charge in [0.1, 0.15) is 6.10 Å². The smallest absolute Gasteiger partial charge is 0.306 e. The zero-order valence-electron chi connectivity index (χ0n) is 43.3. The van der Waals surface area contributed by atoms with Crippen LogP contribution in [0.5, 0.6) is 0 Å². The van der Waals surface area contributed by atoms with Crippen LogP contribution in [0, 0.1) is 0 Å². The Bertz CT molecular complexity index is 1260. The summed E-state index contributed by atoms with van der Waals surface area (Å²) in [6, 6.07) is -0.738. The van der Waals surface area contributed by atoms with Crippen molar-refractivity contribution in [1.82, 2.24) is 5.32 Å². The first-order chi connectivity index (χ1) is 32.5. The second kappa shape index (κ2) is 53.0. The highest BCUT2D eigenvalue weighted by molar-refractivity contribution is 5.77. The van der Waals surface area contributed by atoms with Crippen LogP contribution in [0.3, 0.4) is 0 Å². The number of nitrogens with one attached hydrogen (secondary N) is 1. The van der Waals surface area contributed by atoms with Gasteiger partial charge in [-0.1, -0.05) is 260 Å². The van der Waals surface area contributed by atoms with Crippen LogP contribution in [0.25, 0.3) is 0 Å². The molecule has 3 N–H and O–H groups in total. The van der Waals surface area contributed by atoms with Crippen molar-refractivity contribution >= 4 is 11.9 Å². The highest BCUT2D eigenvalue weighted by Crippen LogP contribution is 2.17. The van der Waals surface area contributed by atoms with Crippen LogP contribution >= 0.6 is 0 Å². The van der Waals surface area contributed by atoms with E-state index in [0.29, 0.717) is 19.3 Å². The monoisotopic (exact) mass is 920 g/mol. The van der Waals surface area contributed by atoms with Gasteiger partial charge in [0.2, 0.25) is 5.91 Å². The average Bonchev–Trinajstić information content (AvgIpc) is 3.31. The van der Waals surface area contributed by atoms with E-state index in [4.69, 9.17) is 4.74 Å². The van der Waals surface area contributed by atoms with Crippen molar-refractivity contribution in [1.29, 1.82) is 0 Å². The molecular weight excluding hydrogens is 815 g/mol. The van der Waals surface area contributed by atoms with Crippen molar-refractivity contribution in [2.45, 2.75) is 277 Å². The summed E-state index contributed by atoms with van der Waals surface area (Å²) in [6.45, 7) is 6.31. The normalized spacial score (nSPS) is 13.8. The molecule has 0 bridgehead atoms. The number of amides is 1. The lowest BCUT2D eigenvalue weighted by molar-refractivity contribution is -0.150. The third-order valence-electron chi connectivity index (χ3n) is 12.3. The molecule has 0 aliphatic carbocycles. The number of carbonyl (C=O) groups is 2. The molecule has 380 valence electrons. The van der Waals surface area contributed by atoms with Crippen molar-refractivity contribution in [3.63, 3.8) is 0 Å². The first-order valence-electron chi connectivity index (χ1n) is 27.8. The molecule has 0 aliphatic rings. The molecule has 6 heteroatoms. The lowest BCUT2D eigenvalue weighted by Gasteiger charge is -2.24. The van der Waals surface area contributed by atoms with Gasteiger partial charge < -0.3 is 20.3 Å². The molecule has 66 heavy (non-hydrogen) atoms. The minimum Gasteiger partial charge on any atom is -0.461 e. The van der Waals surface area contributed by atoms with Crippen LogP contribution in [-0.2, 0) is 14.3 Å². The number of esters is 1. The molecule has 0 heterocycles. The topological polar surface area (TPSA) is 95.9 Å². The Kier molecular flexibility index (Phi) is 50.6. The SMILES string of the molecule is CC/C=C/C=C/C=C/CCCCCCCCCC(=O)OC(C/C=C\C/C=C\C/C=C\C/C=C\CCCCC)CC(=O)NC(CO)C(O)CCCCCCCCCCCCCCCCCCC. The molecule has 0 aromatic rings. The molecular formula is C60H105NO5. The number of hydrogen-bond acceptors (Lipinski definition) is 5. The summed E-state index contributed by atoms with van der Waals surface area (Å²) in [6.07, 6.45) is 69.5. The van der Waals surface area contributed by atoms with E-state index >= 15 is 0 Å². The van der Waals surface area contributed by atoms with Crippen molar-refractivity contribution in [3.8, 4) is 0 Å². The van der Waals surface area contributed by atoms with Crippen LogP contribution in [-0.4, -0.2) is 46.9 Å². The Morgan fingerprint density at radius 3 is 1.44 bits per heavy atom. The molecule has 3 atom stereocenters. The van der Waals surface area contributed by atoms with E-state index in [1.807, 2.05) is 6.08 Å². The molecule has 0 saturated heterocycles. The number of aliphatic hydroxyl groups excluding tert-OH is 2. The Labute approximate surface area is 408 Å². The summed E-state index contributed by atoms with van der Waals surface area (Å²) in [5.74, 6) is -0.590. The fourth-order valence-electron chi connectivity index (χ4n) is 8.06. The van der Waals surface area contributed by atoms with Gasteiger partial charge in [0.05, 0.1) is 25.2 Å². The number of carbonyl (C=O) groups excluding carboxylic acids is 2. The summed E-state index contributed by atoms with van der Waals surface area (Å²) in [4.78, 5) is 26.2. The van der Waals surface area contributed by atoms with E-state index in [2.05, 4.69) is 105 Å². The third kappa shape index (κ3) is 47.5. The van der Waals surface area contributed by atoms with Crippen LogP contribution in [0.1, 0.15) is 258 Å². The molecule has 1 amide bonds. The van der Waals surface area contributed by atoms with Gasteiger partial charge in [-0.2, -0.15) is 0 Å². The Balaban J connectivity index is 4.67. The van der Waals surface area contributed by atoms with Gasteiger partial charge in [-0.3, -0.25) is 9.59 Å². The second-order valence-electron chi connectivity index (χ2n) is 18.7. The minimum absolute atomic E-state index is 0.00646. The maximum absolute atomic E-state index is 13.2. The largest absolute Gasteiger partial charge is 0.461 e. The van der Waals surface area contributed by atoms with E-state index in [1.165, 1.54) is 141 Å². The molecule has 0 rings (SSSR count). The minimum atomic E-state index is -0.818. The van der Waals surface area contributed by atoms with Crippen LogP contribution < -0.4 is 5.32 Å². The number of hydrogen-bond donors (Lipinski definition) is 3. The van der Waals surface area contributed by atoms with Crippen molar-refractivity contribution < 1.29 is 24.5 Å². The molecule has 0 aliphatic heterocycles. The molecule has 0 fully saturated rings. The number of aliphatic hydroxyl groups is 2. The van der Waals surface area contributed by atoms with Gasteiger partial charge in [-0.25, -0.2) is 0 Å². The van der Waals surface area contributed by atoms with E-state index in [1.54, 1.807) is 0 Å². The third-order valence-corrected chi connectivity index (χ3v) is 12.3. The van der Waals surface area contributed by atoms with Crippen LogP contribution in [0.15, 0.2) is 85.1 Å². The standard InChI is InChI=1S/C60H105NO5/c1-4-7-10-13-16-19-22-25-28-29-32-34-37-40-43-46-49-52-58(63)57(55-62)61-59(64)54-56(51-48-45-42-39-36-33-30-26-23-20-17-14-11-8-5-2)66-60(65)53-50-47-44-41-38-35-31-27-24-21-18-15-12-9-6-3/h9,12,15,17-18,20-21,24,26,30,36,39,45,48,56-58,62-63H,4-8,10-11,13-14,16,19,22-23,25,27-29,31-35,37-38,40-44,46-47,49-55H2,1-3H3,(H,61,64)/b12-9+,18-15+,20-17-,24-21+,30-26-,39-36-,48-45-. The summed E-state index contributed by atoms with van der Waals surface area (Å²) >= 11 is 0. The zero-order chi connectivity index (χ0) is 48.1. The summed E-state index contributed by atoms with van der Waals surface area (Å²) in [5, 5.41) is 23.8. The summed E-state index contributed by atoms with van der Waals surface area (Å²) < 4.78 is 5.88. The second-order valence-corrected chi connectivity index (χ2v) is 18.7. The highest BCUT2D eigenvalue weighted by atomic mass is 16.5. The number of allylic oxidation sites excluding steroid dienone is 13. The van der Waals surface area contributed by atoms with Gasteiger partial charge in [0, 0.05) is 12.8 Å². The average molecular weight is 921 g/mol. The predicted molar refractivity (Wildman–Crippen MR) is 287 cm³/mol. The summed E-state index contributed by atoms with van der Waals surface area (Å²) in [7, 11) is 0. The Morgan fingerprint density at radius 2 is 0.909 bits per heavy atom. The van der Waals surface area contributed by atoms with Crippen molar-refractivity contribution in [2.24, 2.45) is 0 Å². The number of unbranched alkanes of at least 4 members (excludes halogenated alkanes) is 26. The fourth-order valence-corrected chi connectivity index (χ4v) is 8.06. The summed E-state index contributed by atoms with van der Waals surface area (Å²) in [5.41, 5.74) is 0. The molecule has 6 nitrogen and oxygen atoms in total. The quantitative estimate of drug-likeness (QED) is 0.0245. The Hall–Kier alpha value is -2.96. The molecule has 0 aromatic heterocycles. The lowest BCUT2D eigenvalue weighted by Crippen LogP contribution is -2.46. The van der Waals surface area contributed by atoms with Gasteiger partial charge in [-0.15, -0.1) is 0 Å². The number of ether oxygens (including phenoxy) is 1. The van der Waals surface area contributed by atoms with Gasteiger partial charge in [-0.05, 0) is 64.2 Å². The molecule has 0 radical (unpaired) electrons. The van der Waals surface area contributed by atoms with Gasteiger partial charge >= 0.3 is 5.97 Å². The van der Waals surface area contributed by atoms with E-state index < -0.39 is 18.2 Å². The molecule has 3 unspecified atom stereocenters. The predicted octanol–water partition coefficient (Wildman–Crippen LogP) is 17.1. The van der Waals surface area contributed by atoms with Gasteiger partial charge in [0.25, 0.3) is 0 Å². The maximum atomic E-state index is 13.2. The van der Waals surface area contributed by atoms with Crippen LogP contribution in [0.4, 0.5) is 0 Å². The Morgan fingerprint density at radius 1 is 0.485 bits per heavy atom. The molecule has 0 aromatic carbocycles. The van der Waals surface area contributed by atoms with Crippen LogP contribution in [0.2, 0.25) is 0 Å². The zero-order valence-corrected chi connectivity index (χ0v) is 43.3. The van der Waals surface area contributed by atoms with E-state index in [9.17, 15) is 19.8 Å². The maximum Gasteiger partial charge on any atom is 0.306 e. The van der Waals surface area contributed by atoms with Crippen molar-refractivity contribution in [3.05, 3.63) is 85.1 Å². The lowest BCUT2D eigenvalue weighted by atomic mass is 10.0. The van der Waals surface area contributed by atoms with E-state index in [-0.39, 0.29) is 24.9 Å². The van der Waals surface area contributed by atoms with E-state index in [0.717, 1.165) is 70.6 Å². The van der Waals surface area contributed by atoms with Crippen molar-refractivity contribution in [2.75, 3.05) is 6.61 Å². The fraction of sp³-hybridized carbons (Fsp3) is 0.733. The first kappa shape index (κ1) is 63.0. The first-order valence-corrected chi connectivity index (χ1v) is 27.8. The number of rotatable bonds is 49. The molecule has 0 saturated carbocycles.